The van der Waals surface area contributed by atoms with Crippen LogP contribution in [-0.2, 0) is 33.7 Å². The van der Waals surface area contributed by atoms with E-state index in [1.165, 1.54) is 21.3 Å². The molecule has 0 aliphatic rings. The van der Waals surface area contributed by atoms with E-state index in [0.29, 0.717) is 11.0 Å². The highest BCUT2D eigenvalue weighted by Crippen LogP contribution is 2.21. The molecule has 0 saturated heterocycles. The number of ether oxygens (including phenoxy) is 1. The van der Waals surface area contributed by atoms with Gasteiger partial charge in [-0.15, -0.1) is 0 Å². The van der Waals surface area contributed by atoms with E-state index in [0.717, 1.165) is 0 Å². The van der Waals surface area contributed by atoms with Crippen LogP contribution >= 0.6 is 0 Å². The number of imidazole rings is 1. The van der Waals surface area contributed by atoms with Gasteiger partial charge in [-0.3, -0.25) is 13.9 Å². The minimum absolute atomic E-state index is 0.0616. The molecule has 156 valence electrons. The Bertz CT molecular complexity index is 1060. The average molecular weight is 412 g/mol. The number of fused-ring (bicyclic) bond motifs is 1. The normalized spacial score (nSPS) is 13.1. The van der Waals surface area contributed by atoms with Crippen molar-refractivity contribution in [1.82, 2.24) is 13.9 Å². The first-order valence-electron chi connectivity index (χ1n) is 9.04. The van der Waals surface area contributed by atoms with Crippen molar-refractivity contribution in [1.29, 1.82) is 0 Å². The van der Waals surface area contributed by atoms with E-state index in [4.69, 9.17) is 4.74 Å². The molecule has 0 aliphatic carbocycles. The van der Waals surface area contributed by atoms with Gasteiger partial charge < -0.3 is 4.74 Å². The first kappa shape index (κ1) is 22.2. The van der Waals surface area contributed by atoms with Gasteiger partial charge in [0.25, 0.3) is 0 Å². The summed E-state index contributed by atoms with van der Waals surface area (Å²) < 4.78 is 36.5. The zero-order chi connectivity index (χ0) is 21.5. The number of esters is 1. The molecule has 0 bridgehead atoms. The van der Waals surface area contributed by atoms with Crippen LogP contribution in [0, 0.1) is 0 Å². The lowest BCUT2D eigenvalue weighted by atomic mass is 10.0. The lowest BCUT2D eigenvalue weighted by molar-refractivity contribution is -0.155. The maximum atomic E-state index is 12.8. The number of hydrogen-bond donors (Lipinski definition) is 1. The minimum Gasteiger partial charge on any atom is -0.460 e. The number of nitrogens with one attached hydrogen (secondary N) is 1. The van der Waals surface area contributed by atoms with E-state index in [2.05, 4.69) is 4.72 Å². The van der Waals surface area contributed by atoms with Crippen LogP contribution in [0.3, 0.4) is 0 Å². The van der Waals surface area contributed by atoms with Gasteiger partial charge in [-0.2, -0.15) is 0 Å². The van der Waals surface area contributed by atoms with Crippen molar-refractivity contribution < 1.29 is 17.9 Å². The Balaban J connectivity index is 2.20. The summed E-state index contributed by atoms with van der Waals surface area (Å²) in [5.41, 5.74) is -0.484. The fourth-order valence-corrected chi connectivity index (χ4v) is 4.40. The number of hydrogen-bond acceptors (Lipinski definition) is 5. The molecule has 9 heteroatoms. The molecule has 0 spiro atoms. The topological polar surface area (TPSA) is 99.4 Å². The molecule has 0 fully saturated rings. The molecule has 1 heterocycles. The van der Waals surface area contributed by atoms with E-state index in [1.54, 1.807) is 54.8 Å². The second-order valence-electron chi connectivity index (χ2n) is 8.63. The van der Waals surface area contributed by atoms with Crippen LogP contribution in [0.15, 0.2) is 27.9 Å². The smallest absolute Gasteiger partial charge is 0.328 e. The summed E-state index contributed by atoms with van der Waals surface area (Å²) >= 11 is 0. The van der Waals surface area contributed by atoms with Crippen LogP contribution in [0.2, 0.25) is 0 Å². The van der Waals surface area contributed by atoms with Crippen LogP contribution in [0.5, 0.6) is 0 Å². The molecule has 0 saturated carbocycles. The highest BCUT2D eigenvalue weighted by Gasteiger charge is 2.28. The molecule has 1 aromatic heterocycles. The largest absolute Gasteiger partial charge is 0.460 e. The van der Waals surface area contributed by atoms with Gasteiger partial charge in [0.15, 0.2) is 0 Å². The Kier molecular flexibility index (Phi) is 5.83. The minimum atomic E-state index is -3.84. The number of aromatic nitrogens is 2. The molecule has 1 N–H and O–H groups in total. The van der Waals surface area contributed by atoms with Crippen molar-refractivity contribution in [2.45, 2.75) is 63.5 Å². The quantitative estimate of drug-likeness (QED) is 0.734. The number of benzene rings is 1. The van der Waals surface area contributed by atoms with Gasteiger partial charge in [0.2, 0.25) is 10.0 Å². The zero-order valence-electron chi connectivity index (χ0n) is 17.5. The standard InChI is InChI=1S/C19H29N3O5S/c1-18(2,3)27-16(23)10-11-19(4,5)20-28(25,26)13-8-9-14-15(12-13)22(7)17(24)21(14)6/h8-9,12,20H,10-11H2,1-7H3. The predicted molar refractivity (Wildman–Crippen MR) is 108 cm³/mol. The van der Waals surface area contributed by atoms with Gasteiger partial charge in [0.05, 0.1) is 15.9 Å². The number of rotatable bonds is 6. The second-order valence-corrected chi connectivity index (χ2v) is 10.3. The number of aryl methyl sites for hydroxylation is 2. The molecule has 8 nitrogen and oxygen atoms in total. The molecule has 2 rings (SSSR count). The third kappa shape index (κ3) is 5.02. The van der Waals surface area contributed by atoms with Gasteiger partial charge in [-0.25, -0.2) is 17.9 Å². The molecule has 0 amide bonds. The lowest BCUT2D eigenvalue weighted by Gasteiger charge is -2.27. The van der Waals surface area contributed by atoms with Crippen molar-refractivity contribution in [3.63, 3.8) is 0 Å². The van der Waals surface area contributed by atoms with E-state index >= 15 is 0 Å². The van der Waals surface area contributed by atoms with E-state index in [9.17, 15) is 18.0 Å². The van der Waals surface area contributed by atoms with Crippen LogP contribution in [0.4, 0.5) is 0 Å². The number of carbonyl (C=O) groups is 1. The van der Waals surface area contributed by atoms with Gasteiger partial charge in [-0.05, 0) is 59.2 Å². The predicted octanol–water partition coefficient (Wildman–Crippen LogP) is 2.06. The van der Waals surface area contributed by atoms with Crippen LogP contribution in [0.25, 0.3) is 11.0 Å². The van der Waals surface area contributed by atoms with E-state index < -0.39 is 21.2 Å². The summed E-state index contributed by atoms with van der Waals surface area (Å²) in [5.74, 6) is -0.375. The Morgan fingerprint density at radius 3 is 2.21 bits per heavy atom. The van der Waals surface area contributed by atoms with Crippen LogP contribution in [0.1, 0.15) is 47.5 Å². The summed E-state index contributed by atoms with van der Waals surface area (Å²) in [6.45, 7) is 8.78. The Morgan fingerprint density at radius 2 is 1.64 bits per heavy atom. The van der Waals surface area contributed by atoms with E-state index in [-0.39, 0.29) is 29.4 Å². The summed E-state index contributed by atoms with van der Waals surface area (Å²) in [6.07, 6.45) is 0.381. The molecular weight excluding hydrogens is 382 g/mol. The third-order valence-corrected chi connectivity index (χ3v) is 6.03. The van der Waals surface area contributed by atoms with Crippen molar-refractivity contribution in [2.75, 3.05) is 0 Å². The summed E-state index contributed by atoms with van der Waals surface area (Å²) in [6, 6.07) is 4.55. The van der Waals surface area contributed by atoms with Crippen molar-refractivity contribution in [3.8, 4) is 0 Å². The second kappa shape index (κ2) is 7.36. The van der Waals surface area contributed by atoms with Crippen molar-refractivity contribution >= 4 is 27.0 Å². The van der Waals surface area contributed by atoms with E-state index in [1.807, 2.05) is 0 Å². The summed E-state index contributed by atoms with van der Waals surface area (Å²) in [7, 11) is -0.607. The molecular formula is C19H29N3O5S. The Morgan fingerprint density at radius 1 is 1.07 bits per heavy atom. The summed E-state index contributed by atoms with van der Waals surface area (Å²) in [4.78, 5) is 24.0. The Labute approximate surface area is 165 Å². The maximum absolute atomic E-state index is 12.8. The highest BCUT2D eigenvalue weighted by molar-refractivity contribution is 7.89. The maximum Gasteiger partial charge on any atom is 0.328 e. The van der Waals surface area contributed by atoms with Crippen LogP contribution < -0.4 is 10.4 Å². The monoisotopic (exact) mass is 411 g/mol. The fraction of sp³-hybridized carbons (Fsp3) is 0.579. The first-order valence-corrected chi connectivity index (χ1v) is 10.5. The number of nitrogens with zero attached hydrogens (tertiary/aromatic N) is 2. The van der Waals surface area contributed by atoms with Gasteiger partial charge >= 0.3 is 11.7 Å². The molecule has 2 aromatic rings. The highest BCUT2D eigenvalue weighted by atomic mass is 32.2. The molecule has 0 unspecified atom stereocenters. The third-order valence-electron chi connectivity index (χ3n) is 4.34. The average Bonchev–Trinajstić information content (AvgIpc) is 2.75. The molecule has 0 atom stereocenters. The van der Waals surface area contributed by atoms with Gasteiger partial charge in [0.1, 0.15) is 5.60 Å². The lowest BCUT2D eigenvalue weighted by Crippen LogP contribution is -2.43. The fourth-order valence-electron chi connectivity index (χ4n) is 2.93. The SMILES string of the molecule is Cn1c(=O)n(C)c2cc(S(=O)(=O)NC(C)(C)CCC(=O)OC(C)(C)C)ccc21. The molecule has 1 aromatic carbocycles. The van der Waals surface area contributed by atoms with Gasteiger partial charge in [-0.1, -0.05) is 0 Å². The Hall–Kier alpha value is -2.13. The molecule has 28 heavy (non-hydrogen) atoms. The molecule has 0 aliphatic heterocycles. The van der Waals surface area contributed by atoms with Crippen molar-refractivity contribution in [2.24, 2.45) is 14.1 Å². The van der Waals surface area contributed by atoms with Gasteiger partial charge in [0, 0.05) is 26.1 Å². The molecule has 0 radical (unpaired) electrons. The van der Waals surface area contributed by atoms with Crippen molar-refractivity contribution in [3.05, 3.63) is 28.7 Å². The van der Waals surface area contributed by atoms with Crippen LogP contribution in [-0.4, -0.2) is 34.7 Å². The number of sulfonamides is 1. The summed E-state index contributed by atoms with van der Waals surface area (Å²) in [5, 5.41) is 0. The zero-order valence-corrected chi connectivity index (χ0v) is 18.3. The first-order chi connectivity index (χ1) is 12.6. The number of carbonyl (C=O) groups excluding carboxylic acids is 1.